The molecular formula is C18H19N5. The van der Waals surface area contributed by atoms with E-state index in [-0.39, 0.29) is 0 Å². The highest BCUT2D eigenvalue weighted by Gasteiger charge is 2.36. The molecule has 2 atom stereocenters. The van der Waals surface area contributed by atoms with Crippen molar-refractivity contribution in [2.45, 2.75) is 0 Å². The van der Waals surface area contributed by atoms with Crippen LogP contribution in [0.25, 0.3) is 22.2 Å². The topological polar surface area (TPSA) is 56.8 Å². The molecule has 5 rings (SSSR count). The third kappa shape index (κ3) is 2.11. The van der Waals surface area contributed by atoms with Crippen molar-refractivity contribution in [3.8, 4) is 11.3 Å². The minimum Gasteiger partial charge on any atom is -0.360 e. The second kappa shape index (κ2) is 5.06. The van der Waals surface area contributed by atoms with Gasteiger partial charge in [-0.1, -0.05) is 18.2 Å². The Morgan fingerprint density at radius 1 is 0.957 bits per heavy atom. The number of para-hydroxylation sites is 1. The lowest BCUT2D eigenvalue weighted by Crippen LogP contribution is -2.26. The van der Waals surface area contributed by atoms with E-state index in [0.29, 0.717) is 0 Å². The van der Waals surface area contributed by atoms with Crippen molar-refractivity contribution in [2.75, 3.05) is 31.1 Å². The minimum absolute atomic E-state index is 0.769. The Bertz CT molecular complexity index is 826. The average Bonchev–Trinajstić information content (AvgIpc) is 3.29. The summed E-state index contributed by atoms with van der Waals surface area (Å²) in [6, 6.07) is 12.5. The summed E-state index contributed by atoms with van der Waals surface area (Å²) in [5, 5.41) is 13.6. The second-order valence-electron chi connectivity index (χ2n) is 6.61. The Balaban J connectivity index is 1.43. The maximum atomic E-state index is 4.49. The summed E-state index contributed by atoms with van der Waals surface area (Å²) in [7, 11) is 0. The summed E-state index contributed by atoms with van der Waals surface area (Å²) in [5.41, 5.74) is 3.17. The van der Waals surface area contributed by atoms with Crippen LogP contribution in [0.5, 0.6) is 0 Å². The van der Waals surface area contributed by atoms with Gasteiger partial charge in [-0.05, 0) is 30.0 Å². The molecule has 1 aromatic carbocycles. The van der Waals surface area contributed by atoms with Crippen molar-refractivity contribution in [1.82, 2.24) is 20.5 Å². The first-order chi connectivity index (χ1) is 11.4. The molecule has 23 heavy (non-hydrogen) atoms. The number of nitrogens with zero attached hydrogens (tertiary/aromatic N) is 3. The quantitative estimate of drug-likeness (QED) is 0.762. The van der Waals surface area contributed by atoms with Crippen molar-refractivity contribution in [3.05, 3.63) is 42.6 Å². The van der Waals surface area contributed by atoms with Gasteiger partial charge >= 0.3 is 0 Å². The molecule has 2 aliphatic heterocycles. The van der Waals surface area contributed by atoms with E-state index in [1.807, 2.05) is 12.3 Å². The molecule has 0 radical (unpaired) electrons. The van der Waals surface area contributed by atoms with Crippen LogP contribution in [0, 0.1) is 11.8 Å². The zero-order valence-electron chi connectivity index (χ0n) is 12.9. The lowest BCUT2D eigenvalue weighted by Gasteiger charge is -2.17. The summed E-state index contributed by atoms with van der Waals surface area (Å²) in [5.74, 6) is 2.54. The normalized spacial score (nSPS) is 23.6. The molecule has 5 heteroatoms. The molecule has 5 nitrogen and oxygen atoms in total. The van der Waals surface area contributed by atoms with Crippen molar-refractivity contribution in [3.63, 3.8) is 0 Å². The summed E-state index contributed by atoms with van der Waals surface area (Å²) < 4.78 is 0. The van der Waals surface area contributed by atoms with Gasteiger partial charge in [0.05, 0.1) is 5.69 Å². The van der Waals surface area contributed by atoms with E-state index in [1.165, 1.54) is 5.39 Å². The summed E-state index contributed by atoms with van der Waals surface area (Å²) >= 11 is 0. The molecule has 0 saturated carbocycles. The van der Waals surface area contributed by atoms with Crippen molar-refractivity contribution in [1.29, 1.82) is 0 Å². The summed E-state index contributed by atoms with van der Waals surface area (Å²) in [4.78, 5) is 5.68. The Kier molecular flexibility index (Phi) is 2.88. The van der Waals surface area contributed by atoms with Gasteiger partial charge in [-0.2, -0.15) is 0 Å². The average molecular weight is 305 g/mol. The molecular weight excluding hydrogens is 286 g/mol. The van der Waals surface area contributed by atoms with Gasteiger partial charge in [-0.25, -0.2) is 0 Å². The van der Waals surface area contributed by atoms with Crippen LogP contribution in [0.3, 0.4) is 0 Å². The van der Waals surface area contributed by atoms with Gasteiger partial charge in [0.2, 0.25) is 0 Å². The first-order valence-corrected chi connectivity index (χ1v) is 8.24. The highest BCUT2D eigenvalue weighted by molar-refractivity contribution is 5.94. The fourth-order valence-corrected chi connectivity index (χ4v) is 3.96. The molecule has 0 bridgehead atoms. The van der Waals surface area contributed by atoms with Crippen LogP contribution >= 0.6 is 0 Å². The van der Waals surface area contributed by atoms with Crippen molar-refractivity contribution < 1.29 is 0 Å². The van der Waals surface area contributed by atoms with Gasteiger partial charge in [0, 0.05) is 48.8 Å². The number of aromatic amines is 1. The first-order valence-electron chi connectivity index (χ1n) is 8.24. The minimum atomic E-state index is 0.769. The zero-order valence-corrected chi connectivity index (χ0v) is 12.9. The number of H-pyrrole nitrogens is 1. The predicted octanol–water partition coefficient (Wildman–Crippen LogP) is 2.28. The molecule has 116 valence electrons. The van der Waals surface area contributed by atoms with Crippen LogP contribution in [-0.4, -0.2) is 41.4 Å². The van der Waals surface area contributed by atoms with E-state index in [4.69, 9.17) is 0 Å². The number of anilines is 1. The van der Waals surface area contributed by atoms with E-state index >= 15 is 0 Å². The number of hydrogen-bond donors (Lipinski definition) is 2. The maximum Gasteiger partial charge on any atom is 0.151 e. The van der Waals surface area contributed by atoms with E-state index in [0.717, 1.165) is 60.6 Å². The van der Waals surface area contributed by atoms with Crippen molar-refractivity contribution >= 4 is 16.7 Å². The van der Waals surface area contributed by atoms with E-state index in [2.05, 4.69) is 55.7 Å². The molecule has 4 heterocycles. The molecule has 2 unspecified atom stereocenters. The summed E-state index contributed by atoms with van der Waals surface area (Å²) in [6.45, 7) is 4.47. The van der Waals surface area contributed by atoms with Crippen LogP contribution in [-0.2, 0) is 0 Å². The molecule has 2 aromatic heterocycles. The van der Waals surface area contributed by atoms with E-state index in [1.54, 1.807) is 0 Å². The maximum absolute atomic E-state index is 4.49. The number of benzene rings is 1. The number of rotatable bonds is 2. The number of hydrogen-bond acceptors (Lipinski definition) is 4. The molecule has 2 saturated heterocycles. The lowest BCUT2D eigenvalue weighted by atomic mass is 10.0. The summed E-state index contributed by atoms with van der Waals surface area (Å²) in [6.07, 6.45) is 2.01. The largest absolute Gasteiger partial charge is 0.360 e. The highest BCUT2D eigenvalue weighted by Crippen LogP contribution is 2.31. The Labute approximate surface area is 134 Å². The van der Waals surface area contributed by atoms with Crippen LogP contribution < -0.4 is 10.2 Å². The fourth-order valence-electron chi connectivity index (χ4n) is 3.96. The number of nitrogens with one attached hydrogen (secondary N) is 2. The Hall–Kier alpha value is -2.40. The van der Waals surface area contributed by atoms with Gasteiger partial charge in [-0.3, -0.25) is 0 Å². The molecule has 2 aliphatic rings. The molecule has 3 aromatic rings. The van der Waals surface area contributed by atoms with E-state index in [9.17, 15) is 0 Å². The molecule has 2 fully saturated rings. The van der Waals surface area contributed by atoms with Crippen molar-refractivity contribution in [2.24, 2.45) is 11.8 Å². The van der Waals surface area contributed by atoms with Gasteiger partial charge in [0.1, 0.15) is 0 Å². The van der Waals surface area contributed by atoms with Gasteiger partial charge < -0.3 is 15.2 Å². The van der Waals surface area contributed by atoms with Crippen LogP contribution in [0.1, 0.15) is 0 Å². The SMILES string of the molecule is c1ccc2c(-c3ccc(N4CC5CNCC5C4)nn3)c[nH]c2c1. The molecule has 0 amide bonds. The van der Waals surface area contributed by atoms with E-state index < -0.39 is 0 Å². The third-order valence-electron chi connectivity index (χ3n) is 5.23. The smallest absolute Gasteiger partial charge is 0.151 e. The molecule has 0 aliphatic carbocycles. The Morgan fingerprint density at radius 3 is 2.57 bits per heavy atom. The third-order valence-corrected chi connectivity index (χ3v) is 5.23. The predicted molar refractivity (Wildman–Crippen MR) is 91.4 cm³/mol. The lowest BCUT2D eigenvalue weighted by molar-refractivity contribution is 0.533. The standard InChI is InChI=1S/C18H19N5/c1-2-4-16-14(3-1)15(9-20-16)17-5-6-18(22-21-17)23-10-12-7-19-8-13(12)11-23/h1-6,9,12-13,19-20H,7-8,10-11H2. The fraction of sp³-hybridized carbons (Fsp3) is 0.333. The van der Waals surface area contributed by atoms with Crippen LogP contribution in [0.15, 0.2) is 42.6 Å². The van der Waals surface area contributed by atoms with Gasteiger partial charge in [0.15, 0.2) is 5.82 Å². The monoisotopic (exact) mass is 305 g/mol. The van der Waals surface area contributed by atoms with Crippen LogP contribution in [0.4, 0.5) is 5.82 Å². The number of aromatic nitrogens is 3. The number of fused-ring (bicyclic) bond motifs is 2. The molecule has 0 spiro atoms. The second-order valence-corrected chi connectivity index (χ2v) is 6.61. The Morgan fingerprint density at radius 2 is 1.78 bits per heavy atom. The highest BCUT2D eigenvalue weighted by atomic mass is 15.3. The van der Waals surface area contributed by atoms with Gasteiger partial charge in [0.25, 0.3) is 0 Å². The first kappa shape index (κ1) is 13.1. The zero-order chi connectivity index (χ0) is 15.2. The molecule has 2 N–H and O–H groups in total. The van der Waals surface area contributed by atoms with Crippen LogP contribution in [0.2, 0.25) is 0 Å². The van der Waals surface area contributed by atoms with Gasteiger partial charge in [-0.15, -0.1) is 10.2 Å².